The minimum absolute atomic E-state index is 0.180. The fraction of sp³-hybridized carbons (Fsp3) is 0.647. The second kappa shape index (κ2) is 8.47. The van der Waals surface area contributed by atoms with Crippen LogP contribution in [0.3, 0.4) is 0 Å². The van der Waals surface area contributed by atoms with Gasteiger partial charge in [-0.3, -0.25) is 0 Å². The number of nitrogens with zero attached hydrogens (tertiary/aromatic N) is 1. The largest absolute Gasteiger partial charge is 0.377 e. The summed E-state index contributed by atoms with van der Waals surface area (Å²) in [6.07, 6.45) is 5.06. The molecule has 0 radical (unpaired) electrons. The molecule has 2 atom stereocenters. The van der Waals surface area contributed by atoms with Crippen molar-refractivity contribution in [3.8, 4) is 0 Å². The standard InChI is InChI=1S/C17H27FN2O/c1-19-17(14-6-8-15(18)9-7-14)10-11-20(2)13-16-5-3-4-12-21-16/h6-9,16-17,19H,3-5,10-13H2,1-2H3. The highest BCUT2D eigenvalue weighted by atomic mass is 19.1. The van der Waals surface area contributed by atoms with E-state index in [4.69, 9.17) is 4.74 Å². The van der Waals surface area contributed by atoms with Gasteiger partial charge < -0.3 is 15.0 Å². The van der Waals surface area contributed by atoms with E-state index in [1.807, 2.05) is 19.2 Å². The van der Waals surface area contributed by atoms with Crippen LogP contribution in [-0.4, -0.2) is 44.8 Å². The number of nitrogens with one attached hydrogen (secondary N) is 1. The predicted octanol–water partition coefficient (Wildman–Crippen LogP) is 2.98. The maximum Gasteiger partial charge on any atom is 0.123 e. The highest BCUT2D eigenvalue weighted by Gasteiger charge is 2.17. The Morgan fingerprint density at radius 2 is 2.10 bits per heavy atom. The molecule has 1 aliphatic rings. The number of halogens is 1. The summed E-state index contributed by atoms with van der Waals surface area (Å²) in [4.78, 5) is 2.34. The van der Waals surface area contributed by atoms with Crippen LogP contribution in [0.4, 0.5) is 4.39 Å². The van der Waals surface area contributed by atoms with Crippen molar-refractivity contribution in [3.05, 3.63) is 35.6 Å². The molecule has 1 fully saturated rings. The topological polar surface area (TPSA) is 24.5 Å². The van der Waals surface area contributed by atoms with Crippen LogP contribution in [0.2, 0.25) is 0 Å². The number of benzene rings is 1. The molecule has 0 spiro atoms. The van der Waals surface area contributed by atoms with Gasteiger partial charge in [-0.05, 0) is 64.0 Å². The first-order valence-electron chi connectivity index (χ1n) is 7.92. The fourth-order valence-corrected chi connectivity index (χ4v) is 2.91. The maximum atomic E-state index is 13.0. The van der Waals surface area contributed by atoms with E-state index in [-0.39, 0.29) is 11.9 Å². The van der Waals surface area contributed by atoms with Crippen LogP contribution in [-0.2, 0) is 4.74 Å². The monoisotopic (exact) mass is 294 g/mol. The molecule has 1 aromatic rings. The van der Waals surface area contributed by atoms with Gasteiger partial charge in [0, 0.05) is 19.2 Å². The van der Waals surface area contributed by atoms with E-state index >= 15 is 0 Å². The Labute approximate surface area is 127 Å². The van der Waals surface area contributed by atoms with Crippen molar-refractivity contribution in [3.63, 3.8) is 0 Å². The fourth-order valence-electron chi connectivity index (χ4n) is 2.91. The Morgan fingerprint density at radius 1 is 1.33 bits per heavy atom. The lowest BCUT2D eigenvalue weighted by atomic mass is 10.0. The maximum absolute atomic E-state index is 13.0. The number of rotatable bonds is 7. The van der Waals surface area contributed by atoms with Gasteiger partial charge in [-0.15, -0.1) is 0 Å². The first-order valence-corrected chi connectivity index (χ1v) is 7.92. The summed E-state index contributed by atoms with van der Waals surface area (Å²) in [5.74, 6) is -0.180. The summed E-state index contributed by atoms with van der Waals surface area (Å²) in [7, 11) is 4.10. The third-order valence-corrected chi connectivity index (χ3v) is 4.21. The number of hydrogen-bond acceptors (Lipinski definition) is 3. The molecular weight excluding hydrogens is 267 g/mol. The summed E-state index contributed by atoms with van der Waals surface area (Å²) < 4.78 is 18.8. The third-order valence-electron chi connectivity index (χ3n) is 4.21. The molecule has 118 valence electrons. The SMILES string of the molecule is CNC(CCN(C)CC1CCCCO1)c1ccc(F)cc1. The third kappa shape index (κ3) is 5.38. The first kappa shape index (κ1) is 16.4. The summed E-state index contributed by atoms with van der Waals surface area (Å²) in [6.45, 7) is 2.91. The van der Waals surface area contributed by atoms with Crippen molar-refractivity contribution in [2.75, 3.05) is 33.8 Å². The number of ether oxygens (including phenoxy) is 1. The second-order valence-electron chi connectivity index (χ2n) is 5.93. The van der Waals surface area contributed by atoms with E-state index in [0.29, 0.717) is 6.10 Å². The Bertz CT molecular complexity index is 404. The van der Waals surface area contributed by atoms with Crippen molar-refractivity contribution in [1.82, 2.24) is 10.2 Å². The zero-order chi connectivity index (χ0) is 15.1. The summed E-state index contributed by atoms with van der Waals surface area (Å²) >= 11 is 0. The van der Waals surface area contributed by atoms with Crippen LogP contribution in [0.1, 0.15) is 37.3 Å². The van der Waals surface area contributed by atoms with Gasteiger partial charge in [0.05, 0.1) is 6.10 Å². The van der Waals surface area contributed by atoms with Crippen molar-refractivity contribution in [2.45, 2.75) is 37.8 Å². The van der Waals surface area contributed by atoms with Gasteiger partial charge in [-0.2, -0.15) is 0 Å². The Kier molecular flexibility index (Phi) is 6.61. The van der Waals surface area contributed by atoms with Crippen LogP contribution in [0.25, 0.3) is 0 Å². The van der Waals surface area contributed by atoms with E-state index < -0.39 is 0 Å². The number of hydrogen-bond donors (Lipinski definition) is 1. The molecule has 1 aromatic carbocycles. The molecule has 0 bridgehead atoms. The van der Waals surface area contributed by atoms with Crippen LogP contribution >= 0.6 is 0 Å². The highest BCUT2D eigenvalue weighted by Crippen LogP contribution is 2.18. The zero-order valence-corrected chi connectivity index (χ0v) is 13.1. The number of likely N-dealkylation sites (N-methyl/N-ethyl adjacent to an activating group) is 1. The Morgan fingerprint density at radius 3 is 2.71 bits per heavy atom. The Balaban J connectivity index is 1.77. The summed E-state index contributed by atoms with van der Waals surface area (Å²) in [6, 6.07) is 7.04. The van der Waals surface area contributed by atoms with Gasteiger partial charge in [0.1, 0.15) is 5.82 Å². The minimum atomic E-state index is -0.180. The van der Waals surface area contributed by atoms with Crippen LogP contribution in [0.15, 0.2) is 24.3 Å². The lowest BCUT2D eigenvalue weighted by Gasteiger charge is -2.28. The molecule has 1 saturated heterocycles. The first-order chi connectivity index (χ1) is 10.2. The molecule has 0 aliphatic carbocycles. The van der Waals surface area contributed by atoms with E-state index in [1.165, 1.54) is 31.4 Å². The van der Waals surface area contributed by atoms with Gasteiger partial charge in [0.25, 0.3) is 0 Å². The van der Waals surface area contributed by atoms with E-state index in [0.717, 1.165) is 31.7 Å². The molecule has 21 heavy (non-hydrogen) atoms. The van der Waals surface area contributed by atoms with E-state index in [1.54, 1.807) is 0 Å². The van der Waals surface area contributed by atoms with Gasteiger partial charge in [0.15, 0.2) is 0 Å². The van der Waals surface area contributed by atoms with E-state index in [9.17, 15) is 4.39 Å². The molecule has 1 heterocycles. The predicted molar refractivity (Wildman–Crippen MR) is 83.9 cm³/mol. The smallest absolute Gasteiger partial charge is 0.123 e. The van der Waals surface area contributed by atoms with E-state index in [2.05, 4.69) is 17.3 Å². The van der Waals surface area contributed by atoms with Crippen LogP contribution < -0.4 is 5.32 Å². The van der Waals surface area contributed by atoms with Crippen molar-refractivity contribution >= 4 is 0 Å². The molecule has 2 rings (SSSR count). The Hall–Kier alpha value is -0.970. The quantitative estimate of drug-likeness (QED) is 0.837. The van der Waals surface area contributed by atoms with Crippen molar-refractivity contribution < 1.29 is 9.13 Å². The minimum Gasteiger partial charge on any atom is -0.377 e. The molecule has 0 aromatic heterocycles. The summed E-state index contributed by atoms with van der Waals surface area (Å²) in [5.41, 5.74) is 1.14. The normalized spacial score (nSPS) is 20.7. The molecule has 2 unspecified atom stereocenters. The lowest BCUT2D eigenvalue weighted by Crippen LogP contribution is -2.35. The van der Waals surface area contributed by atoms with Crippen molar-refractivity contribution in [2.24, 2.45) is 0 Å². The van der Waals surface area contributed by atoms with Crippen molar-refractivity contribution in [1.29, 1.82) is 0 Å². The lowest BCUT2D eigenvalue weighted by molar-refractivity contribution is -0.00184. The van der Waals surface area contributed by atoms with Gasteiger partial charge in [-0.1, -0.05) is 12.1 Å². The summed E-state index contributed by atoms with van der Waals surface area (Å²) in [5, 5.41) is 3.32. The van der Waals surface area contributed by atoms with Crippen LogP contribution in [0, 0.1) is 5.82 Å². The molecule has 0 saturated carbocycles. The average Bonchev–Trinajstić information content (AvgIpc) is 2.50. The highest BCUT2D eigenvalue weighted by molar-refractivity contribution is 5.19. The zero-order valence-electron chi connectivity index (χ0n) is 13.1. The van der Waals surface area contributed by atoms with Gasteiger partial charge in [0.2, 0.25) is 0 Å². The van der Waals surface area contributed by atoms with Crippen LogP contribution in [0.5, 0.6) is 0 Å². The van der Waals surface area contributed by atoms with Gasteiger partial charge in [-0.25, -0.2) is 4.39 Å². The van der Waals surface area contributed by atoms with Gasteiger partial charge >= 0.3 is 0 Å². The molecule has 0 amide bonds. The molecule has 1 N–H and O–H groups in total. The molecule has 1 aliphatic heterocycles. The second-order valence-corrected chi connectivity index (χ2v) is 5.93. The average molecular weight is 294 g/mol. The molecule has 4 heteroatoms. The molecule has 3 nitrogen and oxygen atoms in total. The molecular formula is C17H27FN2O.